The number of allylic oxidation sites excluding steroid dienone is 1. The average molecular weight is 227 g/mol. The highest BCUT2D eigenvalue weighted by Gasteiger charge is 2.47. The number of carbonyl (C=O) groups excluding carboxylic acids is 1. The van der Waals surface area contributed by atoms with Crippen LogP contribution in [0.2, 0.25) is 0 Å². The topological polar surface area (TPSA) is 75.6 Å². The van der Waals surface area contributed by atoms with E-state index >= 15 is 0 Å². The van der Waals surface area contributed by atoms with E-state index in [0.717, 1.165) is 18.4 Å². The maximum Gasteiger partial charge on any atom is 0.334 e. The Kier molecular flexibility index (Phi) is 4.06. The van der Waals surface area contributed by atoms with Crippen LogP contribution in [0.25, 0.3) is 0 Å². The number of hydrogen-bond acceptors (Lipinski definition) is 3. The van der Waals surface area contributed by atoms with Crippen LogP contribution in [0.15, 0.2) is 11.6 Å². The highest BCUT2D eigenvalue weighted by atomic mass is 16.5. The predicted molar refractivity (Wildman–Crippen MR) is 58.0 cm³/mol. The molecule has 1 heterocycles. The molecule has 1 aliphatic heterocycles. The number of carboxylic acids is 1. The molecule has 0 bridgehead atoms. The molecule has 0 saturated carbocycles. The summed E-state index contributed by atoms with van der Waals surface area (Å²) in [4.78, 5) is 22.5. The molecule has 0 aromatic carbocycles. The van der Waals surface area contributed by atoms with Crippen molar-refractivity contribution in [1.82, 2.24) is 5.32 Å². The van der Waals surface area contributed by atoms with Crippen LogP contribution in [0.4, 0.5) is 0 Å². The second-order valence-electron chi connectivity index (χ2n) is 4.11. The van der Waals surface area contributed by atoms with Crippen LogP contribution in [0, 0.1) is 0 Å². The van der Waals surface area contributed by atoms with Crippen LogP contribution < -0.4 is 5.32 Å². The molecule has 0 aromatic rings. The molecule has 1 fully saturated rings. The van der Waals surface area contributed by atoms with Crippen LogP contribution in [0.5, 0.6) is 0 Å². The first kappa shape index (κ1) is 12.7. The van der Waals surface area contributed by atoms with Crippen molar-refractivity contribution < 1.29 is 19.4 Å². The maximum atomic E-state index is 11.5. The molecule has 16 heavy (non-hydrogen) atoms. The lowest BCUT2D eigenvalue weighted by molar-refractivity contribution is -0.168. The average Bonchev–Trinajstić information content (AvgIpc) is 2.10. The van der Waals surface area contributed by atoms with Crippen molar-refractivity contribution in [3.63, 3.8) is 0 Å². The molecule has 1 rings (SSSR count). The molecule has 1 amide bonds. The summed E-state index contributed by atoms with van der Waals surface area (Å²) < 4.78 is 4.84. The summed E-state index contributed by atoms with van der Waals surface area (Å²) in [6.07, 6.45) is 3.25. The number of hydrogen-bond donors (Lipinski definition) is 2. The van der Waals surface area contributed by atoms with E-state index in [0.29, 0.717) is 0 Å². The van der Waals surface area contributed by atoms with Gasteiger partial charge in [0.05, 0.1) is 13.2 Å². The van der Waals surface area contributed by atoms with Crippen LogP contribution in [-0.2, 0) is 14.3 Å². The zero-order valence-corrected chi connectivity index (χ0v) is 9.58. The Labute approximate surface area is 94.5 Å². The van der Waals surface area contributed by atoms with Crippen molar-refractivity contribution in [3.05, 3.63) is 11.6 Å². The lowest BCUT2D eigenvalue weighted by Crippen LogP contribution is -2.66. The van der Waals surface area contributed by atoms with E-state index in [1.54, 1.807) is 0 Å². The monoisotopic (exact) mass is 227 g/mol. The highest BCUT2D eigenvalue weighted by molar-refractivity contribution is 5.94. The van der Waals surface area contributed by atoms with Gasteiger partial charge in [0.25, 0.3) is 0 Å². The maximum absolute atomic E-state index is 11.5. The van der Waals surface area contributed by atoms with E-state index in [-0.39, 0.29) is 19.1 Å². The van der Waals surface area contributed by atoms with Gasteiger partial charge in [-0.25, -0.2) is 4.79 Å². The minimum absolute atomic E-state index is 0.0364. The van der Waals surface area contributed by atoms with Crippen LogP contribution in [0.1, 0.15) is 26.7 Å². The van der Waals surface area contributed by atoms with E-state index in [2.05, 4.69) is 5.32 Å². The molecular weight excluding hydrogens is 210 g/mol. The standard InChI is InChI=1S/C11H17NO4/c1-3-4-8(2)5-9(13)12-11(10(14)15)6-16-7-11/h5H,3-4,6-7H2,1-2H3,(H,12,13)(H,14,15)/b8-5+. The second-order valence-corrected chi connectivity index (χ2v) is 4.11. The Balaban J connectivity index is 2.57. The van der Waals surface area contributed by atoms with Crippen LogP contribution in [-0.4, -0.2) is 35.7 Å². The van der Waals surface area contributed by atoms with Gasteiger partial charge in [-0.1, -0.05) is 18.9 Å². The Hall–Kier alpha value is -1.36. The number of rotatable bonds is 5. The third-order valence-corrected chi connectivity index (χ3v) is 2.49. The number of carboxylic acid groups (broad SMARTS) is 1. The molecule has 0 atom stereocenters. The third-order valence-electron chi connectivity index (χ3n) is 2.49. The molecule has 2 N–H and O–H groups in total. The van der Waals surface area contributed by atoms with Gasteiger partial charge in [0.2, 0.25) is 5.91 Å². The summed E-state index contributed by atoms with van der Waals surface area (Å²) in [5.41, 5.74) is -0.277. The van der Waals surface area contributed by atoms with Gasteiger partial charge < -0.3 is 15.2 Å². The number of aliphatic carboxylic acids is 1. The van der Waals surface area contributed by atoms with Gasteiger partial charge in [0, 0.05) is 6.08 Å². The van der Waals surface area contributed by atoms with Crippen molar-refractivity contribution in [3.8, 4) is 0 Å². The summed E-state index contributed by atoms with van der Waals surface area (Å²) >= 11 is 0. The molecule has 1 aliphatic rings. The van der Waals surface area contributed by atoms with Gasteiger partial charge in [-0.2, -0.15) is 0 Å². The van der Waals surface area contributed by atoms with Crippen LogP contribution >= 0.6 is 0 Å². The molecule has 90 valence electrons. The lowest BCUT2D eigenvalue weighted by Gasteiger charge is -2.37. The van der Waals surface area contributed by atoms with Gasteiger partial charge in [-0.15, -0.1) is 0 Å². The van der Waals surface area contributed by atoms with E-state index < -0.39 is 11.5 Å². The normalized spacial score (nSPS) is 18.8. The van der Waals surface area contributed by atoms with Gasteiger partial charge in [-0.3, -0.25) is 4.79 Å². The number of carbonyl (C=O) groups is 2. The minimum Gasteiger partial charge on any atom is -0.479 e. The summed E-state index contributed by atoms with van der Waals surface area (Å²) in [6.45, 7) is 3.95. The van der Waals surface area contributed by atoms with Crippen molar-refractivity contribution in [2.75, 3.05) is 13.2 Å². The number of nitrogens with one attached hydrogen (secondary N) is 1. The molecule has 5 heteroatoms. The Morgan fingerprint density at radius 3 is 2.50 bits per heavy atom. The van der Waals surface area contributed by atoms with Crippen LogP contribution in [0.3, 0.4) is 0 Å². The third kappa shape index (κ3) is 2.82. The van der Waals surface area contributed by atoms with Gasteiger partial charge >= 0.3 is 5.97 Å². The van der Waals surface area contributed by atoms with Gasteiger partial charge in [0.15, 0.2) is 5.54 Å². The number of ether oxygens (including phenoxy) is 1. The Morgan fingerprint density at radius 1 is 1.50 bits per heavy atom. The highest BCUT2D eigenvalue weighted by Crippen LogP contribution is 2.17. The van der Waals surface area contributed by atoms with Gasteiger partial charge in [-0.05, 0) is 13.3 Å². The predicted octanol–water partition coefficient (Wildman–Crippen LogP) is 0.703. The Bertz CT molecular complexity index is 318. The molecule has 0 radical (unpaired) electrons. The Morgan fingerprint density at radius 2 is 2.12 bits per heavy atom. The zero-order valence-electron chi connectivity index (χ0n) is 9.58. The second kappa shape index (κ2) is 5.12. The zero-order chi connectivity index (χ0) is 12.2. The van der Waals surface area contributed by atoms with E-state index in [9.17, 15) is 9.59 Å². The molecule has 1 saturated heterocycles. The summed E-state index contributed by atoms with van der Waals surface area (Å²) in [7, 11) is 0. The smallest absolute Gasteiger partial charge is 0.334 e. The van der Waals surface area contributed by atoms with E-state index in [4.69, 9.17) is 9.84 Å². The largest absolute Gasteiger partial charge is 0.479 e. The first-order valence-corrected chi connectivity index (χ1v) is 5.30. The molecule has 0 spiro atoms. The summed E-state index contributed by atoms with van der Waals surface area (Å²) in [6, 6.07) is 0. The fraction of sp³-hybridized carbons (Fsp3) is 0.636. The van der Waals surface area contributed by atoms with Gasteiger partial charge in [0.1, 0.15) is 0 Å². The summed E-state index contributed by atoms with van der Waals surface area (Å²) in [5, 5.41) is 11.4. The molecule has 5 nitrogen and oxygen atoms in total. The molecule has 0 aliphatic carbocycles. The first-order valence-electron chi connectivity index (χ1n) is 5.30. The molecule has 0 unspecified atom stereocenters. The van der Waals surface area contributed by atoms with Crippen molar-refractivity contribution in [2.24, 2.45) is 0 Å². The number of amides is 1. The van der Waals surface area contributed by atoms with E-state index in [1.165, 1.54) is 6.08 Å². The summed E-state index contributed by atoms with van der Waals surface area (Å²) in [5.74, 6) is -1.41. The lowest BCUT2D eigenvalue weighted by atomic mass is 9.97. The quantitative estimate of drug-likeness (QED) is 0.678. The molecule has 0 aromatic heterocycles. The molecular formula is C11H17NO4. The SMILES string of the molecule is CCC/C(C)=C/C(=O)NC1(C(=O)O)COC1. The van der Waals surface area contributed by atoms with Crippen molar-refractivity contribution in [1.29, 1.82) is 0 Å². The van der Waals surface area contributed by atoms with E-state index in [1.807, 2.05) is 13.8 Å². The van der Waals surface area contributed by atoms with Crippen molar-refractivity contribution >= 4 is 11.9 Å². The first-order chi connectivity index (χ1) is 7.50. The fourth-order valence-electron chi connectivity index (χ4n) is 1.52. The minimum atomic E-state index is -1.22. The fourth-order valence-corrected chi connectivity index (χ4v) is 1.52. The van der Waals surface area contributed by atoms with Crippen molar-refractivity contribution in [2.45, 2.75) is 32.2 Å².